The Morgan fingerprint density at radius 2 is 1.66 bits per heavy atom. The van der Waals surface area contributed by atoms with Gasteiger partial charge >= 0.3 is 0 Å². The average molecular weight is 451 g/mol. The number of nitrogens with zero attached hydrogens (tertiary/aromatic N) is 1. The van der Waals surface area contributed by atoms with Gasteiger partial charge in [0.1, 0.15) is 6.54 Å². The lowest BCUT2D eigenvalue weighted by molar-refractivity contribution is -0.125. The summed E-state index contributed by atoms with van der Waals surface area (Å²) in [5.74, 6) is 1.99. The molecule has 4 fully saturated rings. The predicted octanol–water partition coefficient (Wildman–Crippen LogP) is 4.51. The topological polar surface area (TPSA) is 66.5 Å². The SMILES string of the molecule is CCc1ccc2c(c1)-c1ccccc1S(=O)(=O)N2CC(=O)NC12CC3CC(CC(C3)C1)C2. The predicted molar refractivity (Wildman–Crippen MR) is 125 cm³/mol. The summed E-state index contributed by atoms with van der Waals surface area (Å²) in [5.41, 5.74) is 3.23. The number of anilines is 1. The molecule has 4 saturated carbocycles. The quantitative estimate of drug-likeness (QED) is 0.745. The first kappa shape index (κ1) is 20.3. The van der Waals surface area contributed by atoms with Gasteiger partial charge in [-0.15, -0.1) is 0 Å². The third-order valence-corrected chi connectivity index (χ3v) is 10.0. The second-order valence-corrected chi connectivity index (χ2v) is 12.3. The summed E-state index contributed by atoms with van der Waals surface area (Å²) in [7, 11) is -3.80. The zero-order valence-corrected chi connectivity index (χ0v) is 19.3. The van der Waals surface area contributed by atoms with Crippen molar-refractivity contribution in [2.75, 3.05) is 10.8 Å². The van der Waals surface area contributed by atoms with Gasteiger partial charge in [0.25, 0.3) is 10.0 Å². The highest BCUT2D eigenvalue weighted by Gasteiger charge is 2.51. The van der Waals surface area contributed by atoms with Crippen molar-refractivity contribution < 1.29 is 13.2 Å². The van der Waals surface area contributed by atoms with Crippen LogP contribution in [-0.4, -0.2) is 26.4 Å². The smallest absolute Gasteiger partial charge is 0.265 e. The van der Waals surface area contributed by atoms with Gasteiger partial charge in [0.15, 0.2) is 0 Å². The Hall–Kier alpha value is -2.34. The number of hydrogen-bond donors (Lipinski definition) is 1. The van der Waals surface area contributed by atoms with Crippen molar-refractivity contribution in [3.05, 3.63) is 48.0 Å². The second kappa shape index (κ2) is 7.08. The molecular formula is C26H30N2O3S. The van der Waals surface area contributed by atoms with Crippen LogP contribution >= 0.6 is 0 Å². The normalized spacial score (nSPS) is 31.2. The van der Waals surface area contributed by atoms with E-state index in [0.717, 1.165) is 60.1 Å². The Morgan fingerprint density at radius 3 is 2.31 bits per heavy atom. The molecule has 5 nitrogen and oxygen atoms in total. The van der Waals surface area contributed by atoms with Crippen molar-refractivity contribution in [1.29, 1.82) is 0 Å². The Bertz CT molecular complexity index is 1170. The van der Waals surface area contributed by atoms with Gasteiger partial charge in [-0.3, -0.25) is 9.10 Å². The number of hydrogen-bond acceptors (Lipinski definition) is 3. The van der Waals surface area contributed by atoms with Crippen LogP contribution in [0.25, 0.3) is 11.1 Å². The summed E-state index contributed by atoms with van der Waals surface area (Å²) in [4.78, 5) is 13.6. The van der Waals surface area contributed by atoms with Crippen LogP contribution in [0.2, 0.25) is 0 Å². The second-order valence-electron chi connectivity index (χ2n) is 10.5. The standard InChI is InChI=1S/C26H30N2O3S/c1-2-17-7-8-23-22(12-17)21-5-3-4-6-24(21)32(30,31)28(23)16-25(29)27-26-13-18-9-19(14-26)11-20(10-18)15-26/h3-8,12,18-20H,2,9-11,13-16H2,1H3,(H,27,29). The summed E-state index contributed by atoms with van der Waals surface area (Å²) >= 11 is 0. The minimum absolute atomic E-state index is 0.127. The number of fused-ring (bicyclic) bond motifs is 3. The van der Waals surface area contributed by atoms with Crippen molar-refractivity contribution >= 4 is 21.6 Å². The third kappa shape index (κ3) is 3.10. The average Bonchev–Trinajstić information content (AvgIpc) is 2.75. The molecule has 0 unspecified atom stereocenters. The molecule has 1 heterocycles. The van der Waals surface area contributed by atoms with E-state index in [1.165, 1.54) is 23.6 Å². The molecule has 0 radical (unpaired) electrons. The van der Waals surface area contributed by atoms with Crippen molar-refractivity contribution in [2.24, 2.45) is 17.8 Å². The van der Waals surface area contributed by atoms with Crippen LogP contribution in [0.3, 0.4) is 0 Å². The van der Waals surface area contributed by atoms with Gasteiger partial charge in [-0.05, 0) is 86.5 Å². The maximum Gasteiger partial charge on any atom is 0.265 e. The molecule has 0 aromatic heterocycles. The van der Waals surface area contributed by atoms with E-state index in [9.17, 15) is 13.2 Å². The number of nitrogens with one attached hydrogen (secondary N) is 1. The van der Waals surface area contributed by atoms with E-state index in [0.29, 0.717) is 5.69 Å². The van der Waals surface area contributed by atoms with Crippen LogP contribution in [0.4, 0.5) is 5.69 Å². The zero-order valence-electron chi connectivity index (χ0n) is 18.5. The summed E-state index contributed by atoms with van der Waals surface area (Å²) < 4.78 is 28.5. The minimum Gasteiger partial charge on any atom is -0.349 e. The highest BCUT2D eigenvalue weighted by Crippen LogP contribution is 2.55. The molecular weight excluding hydrogens is 420 g/mol. The number of amides is 1. The maximum atomic E-state index is 13.6. The number of sulfonamides is 1. The van der Waals surface area contributed by atoms with Gasteiger partial charge in [0.2, 0.25) is 5.91 Å². The number of benzene rings is 2. The fourth-order valence-corrected chi connectivity index (χ4v) is 8.95. The van der Waals surface area contributed by atoms with Crippen LogP contribution in [-0.2, 0) is 21.2 Å². The first-order valence-corrected chi connectivity index (χ1v) is 13.4. The molecule has 0 atom stereocenters. The molecule has 1 N–H and O–H groups in total. The first-order chi connectivity index (χ1) is 15.4. The molecule has 0 spiro atoms. The molecule has 32 heavy (non-hydrogen) atoms. The van der Waals surface area contributed by atoms with E-state index < -0.39 is 10.0 Å². The fourth-order valence-electron chi connectivity index (χ4n) is 7.30. The Labute approximate surface area is 190 Å². The number of carbonyl (C=O) groups is 1. The molecule has 2 aromatic carbocycles. The number of carbonyl (C=O) groups excluding carboxylic acids is 1. The molecule has 6 heteroatoms. The number of aryl methyl sites for hydroxylation is 1. The van der Waals surface area contributed by atoms with E-state index >= 15 is 0 Å². The summed E-state index contributed by atoms with van der Waals surface area (Å²) in [6.45, 7) is 1.92. The Kier molecular flexibility index (Phi) is 4.49. The molecule has 168 valence electrons. The van der Waals surface area contributed by atoms with Gasteiger partial charge in [0.05, 0.1) is 10.6 Å². The van der Waals surface area contributed by atoms with Crippen molar-refractivity contribution in [1.82, 2.24) is 5.32 Å². The van der Waals surface area contributed by atoms with Crippen LogP contribution in [0.1, 0.15) is 51.0 Å². The lowest BCUT2D eigenvalue weighted by Gasteiger charge is -2.57. The molecule has 4 aliphatic carbocycles. The summed E-state index contributed by atoms with van der Waals surface area (Å²) in [6, 6.07) is 13.0. The highest BCUT2D eigenvalue weighted by atomic mass is 32.2. The largest absolute Gasteiger partial charge is 0.349 e. The van der Waals surface area contributed by atoms with Crippen molar-refractivity contribution in [3.8, 4) is 11.1 Å². The highest BCUT2D eigenvalue weighted by molar-refractivity contribution is 7.93. The lowest BCUT2D eigenvalue weighted by atomic mass is 9.53. The van der Waals surface area contributed by atoms with Gasteiger partial charge in [-0.25, -0.2) is 8.42 Å². The van der Waals surface area contributed by atoms with Crippen LogP contribution < -0.4 is 9.62 Å². The van der Waals surface area contributed by atoms with E-state index in [4.69, 9.17) is 0 Å². The zero-order chi connectivity index (χ0) is 22.1. The van der Waals surface area contributed by atoms with Crippen LogP contribution in [0.5, 0.6) is 0 Å². The van der Waals surface area contributed by atoms with Gasteiger partial charge in [0, 0.05) is 16.7 Å². The van der Waals surface area contributed by atoms with Crippen molar-refractivity contribution in [3.63, 3.8) is 0 Å². The van der Waals surface area contributed by atoms with Gasteiger partial charge in [-0.2, -0.15) is 0 Å². The first-order valence-electron chi connectivity index (χ1n) is 11.9. The van der Waals surface area contributed by atoms with Crippen LogP contribution in [0, 0.1) is 17.8 Å². The van der Waals surface area contributed by atoms with Crippen molar-refractivity contribution in [2.45, 2.75) is 62.3 Å². The Balaban J connectivity index is 1.33. The van der Waals surface area contributed by atoms with E-state index in [-0.39, 0.29) is 22.9 Å². The maximum absolute atomic E-state index is 13.6. The molecule has 5 aliphatic rings. The summed E-state index contributed by atoms with van der Waals surface area (Å²) in [5, 5.41) is 3.34. The minimum atomic E-state index is -3.80. The van der Waals surface area contributed by atoms with E-state index in [2.05, 4.69) is 18.3 Å². The van der Waals surface area contributed by atoms with Gasteiger partial charge < -0.3 is 5.32 Å². The summed E-state index contributed by atoms with van der Waals surface area (Å²) in [6.07, 6.45) is 7.94. The fraction of sp³-hybridized carbons (Fsp3) is 0.500. The van der Waals surface area contributed by atoms with E-state index in [1.807, 2.05) is 24.3 Å². The monoisotopic (exact) mass is 450 g/mol. The molecule has 0 saturated heterocycles. The molecule has 1 amide bonds. The van der Waals surface area contributed by atoms with Crippen LogP contribution in [0.15, 0.2) is 47.4 Å². The molecule has 7 rings (SSSR count). The third-order valence-electron chi connectivity index (χ3n) is 8.21. The lowest BCUT2D eigenvalue weighted by Crippen LogP contribution is -2.61. The number of rotatable bonds is 4. The molecule has 2 aromatic rings. The van der Waals surface area contributed by atoms with Gasteiger partial charge in [-0.1, -0.05) is 31.2 Å². The van der Waals surface area contributed by atoms with E-state index in [1.54, 1.807) is 12.1 Å². The molecule has 1 aliphatic heterocycles. The molecule has 4 bridgehead atoms. The Morgan fingerprint density at radius 1 is 1.00 bits per heavy atom.